The van der Waals surface area contributed by atoms with Gasteiger partial charge in [-0.25, -0.2) is 0 Å². The molecule has 0 fully saturated rings. The van der Waals surface area contributed by atoms with Gasteiger partial charge in [0, 0.05) is 0 Å². The summed E-state index contributed by atoms with van der Waals surface area (Å²) in [7, 11) is 9.87. The van der Waals surface area contributed by atoms with Gasteiger partial charge in [0.2, 0.25) is 0 Å². The van der Waals surface area contributed by atoms with Gasteiger partial charge in [-0.2, -0.15) is 0 Å². The van der Waals surface area contributed by atoms with E-state index in [1.54, 1.807) is 0 Å². The minimum absolute atomic E-state index is 0.826. The molecule has 1 aliphatic carbocycles. The van der Waals surface area contributed by atoms with Gasteiger partial charge in [0.1, 0.15) is 0 Å². The summed E-state index contributed by atoms with van der Waals surface area (Å²) in [5, 5.41) is 0. The number of benzene rings is 2. The van der Waals surface area contributed by atoms with Crippen LogP contribution in [0.2, 0.25) is 0 Å². The normalized spacial score (nSPS) is 11.0. The molecule has 85 valence electrons. The SMILES string of the molecule is Cc1c[c]c2c(c1)Cc1ccccc1-2.[Cl][Zr][Cl]. The Labute approximate surface area is 121 Å². The van der Waals surface area contributed by atoms with Crippen LogP contribution in [-0.2, 0) is 27.3 Å². The molecule has 2 aromatic rings. The van der Waals surface area contributed by atoms with E-state index in [9.17, 15) is 0 Å². The molecule has 3 heteroatoms. The molecule has 1 radical (unpaired) electrons. The third kappa shape index (κ3) is 3.02. The maximum atomic E-state index is 4.93. The molecule has 3 rings (SSSR count). The van der Waals surface area contributed by atoms with Gasteiger partial charge in [-0.1, -0.05) is 42.0 Å². The molecule has 0 aromatic heterocycles. The number of rotatable bonds is 0. The van der Waals surface area contributed by atoms with Crippen molar-refractivity contribution in [1.82, 2.24) is 0 Å². The summed E-state index contributed by atoms with van der Waals surface area (Å²) in [6.45, 7) is 2.12. The van der Waals surface area contributed by atoms with E-state index in [0.717, 1.165) is 6.42 Å². The zero-order valence-corrected chi connectivity index (χ0v) is 13.4. The molecule has 0 amide bonds. The van der Waals surface area contributed by atoms with Crippen LogP contribution < -0.4 is 0 Å². The molecule has 0 bridgehead atoms. The Kier molecular flexibility index (Phi) is 4.85. The first-order valence-electron chi connectivity index (χ1n) is 5.32. The van der Waals surface area contributed by atoms with Crippen LogP contribution in [0.3, 0.4) is 0 Å². The molecular formula is C14H11Cl2Zr. The minimum atomic E-state index is -0.826. The van der Waals surface area contributed by atoms with Gasteiger partial charge in [-0.3, -0.25) is 0 Å². The molecule has 0 saturated carbocycles. The van der Waals surface area contributed by atoms with Crippen molar-refractivity contribution in [1.29, 1.82) is 0 Å². The van der Waals surface area contributed by atoms with Gasteiger partial charge in [0.25, 0.3) is 0 Å². The molecule has 0 nitrogen and oxygen atoms in total. The van der Waals surface area contributed by atoms with Crippen molar-refractivity contribution in [2.45, 2.75) is 13.3 Å². The molecular weight excluding hydrogens is 330 g/mol. The standard InChI is InChI=1S/C14H11.2ClH.Zr/c1-10-6-7-14-12(8-10)9-11-4-2-3-5-13(11)14;;;/h2-6,8H,9H2,1H3;2*1H;/q;;;+2/p-2. The van der Waals surface area contributed by atoms with E-state index in [4.69, 9.17) is 17.0 Å². The average Bonchev–Trinajstić information content (AvgIpc) is 2.67. The molecule has 17 heavy (non-hydrogen) atoms. The summed E-state index contributed by atoms with van der Waals surface area (Å²) in [4.78, 5) is 0. The number of hydrogen-bond acceptors (Lipinski definition) is 0. The Morgan fingerprint density at radius 3 is 2.65 bits per heavy atom. The Bertz CT molecular complexity index is 523. The quantitative estimate of drug-likeness (QED) is 0.554. The third-order valence-electron chi connectivity index (χ3n) is 2.83. The first-order valence-corrected chi connectivity index (χ1v) is 11.6. The van der Waals surface area contributed by atoms with E-state index in [1.165, 1.54) is 27.8 Å². The maximum absolute atomic E-state index is 4.93. The Morgan fingerprint density at radius 2 is 1.88 bits per heavy atom. The topological polar surface area (TPSA) is 0 Å². The van der Waals surface area contributed by atoms with Crippen molar-refractivity contribution >= 4 is 17.0 Å². The zero-order chi connectivity index (χ0) is 12.3. The van der Waals surface area contributed by atoms with E-state index in [0.29, 0.717) is 0 Å². The summed E-state index contributed by atoms with van der Waals surface area (Å²) < 4.78 is 0. The van der Waals surface area contributed by atoms with Crippen LogP contribution in [0.25, 0.3) is 11.1 Å². The van der Waals surface area contributed by atoms with Crippen molar-refractivity contribution < 1.29 is 20.8 Å². The molecule has 0 aliphatic heterocycles. The second kappa shape index (κ2) is 6.18. The first-order chi connectivity index (χ1) is 8.26. The summed E-state index contributed by atoms with van der Waals surface area (Å²) in [5.41, 5.74) is 6.82. The van der Waals surface area contributed by atoms with Crippen LogP contribution in [0.5, 0.6) is 0 Å². The fourth-order valence-corrected chi connectivity index (χ4v) is 2.18. The monoisotopic (exact) mass is 339 g/mol. The van der Waals surface area contributed by atoms with Crippen LogP contribution in [-0.4, -0.2) is 0 Å². The van der Waals surface area contributed by atoms with E-state index in [1.807, 2.05) is 0 Å². The molecule has 1 aliphatic rings. The van der Waals surface area contributed by atoms with Crippen LogP contribution >= 0.6 is 17.0 Å². The zero-order valence-electron chi connectivity index (χ0n) is 9.43. The fourth-order valence-electron chi connectivity index (χ4n) is 2.18. The Hall–Kier alpha value is -0.0969. The van der Waals surface area contributed by atoms with Crippen molar-refractivity contribution in [3.8, 4) is 11.1 Å². The molecule has 0 saturated heterocycles. The summed E-state index contributed by atoms with van der Waals surface area (Å²) in [6.07, 6.45) is 1.07. The first kappa shape index (κ1) is 13.3. The predicted molar refractivity (Wildman–Crippen MR) is 70.0 cm³/mol. The molecule has 0 unspecified atom stereocenters. The van der Waals surface area contributed by atoms with Crippen molar-refractivity contribution in [2.24, 2.45) is 0 Å². The van der Waals surface area contributed by atoms with E-state index in [-0.39, 0.29) is 0 Å². The Morgan fingerprint density at radius 1 is 1.18 bits per heavy atom. The number of halogens is 2. The van der Waals surface area contributed by atoms with Gasteiger partial charge >= 0.3 is 37.9 Å². The third-order valence-corrected chi connectivity index (χ3v) is 2.83. The number of fused-ring (bicyclic) bond motifs is 3. The molecule has 0 spiro atoms. The van der Waals surface area contributed by atoms with Crippen LogP contribution in [0.1, 0.15) is 16.7 Å². The number of aryl methyl sites for hydroxylation is 1. The van der Waals surface area contributed by atoms with Crippen molar-refractivity contribution in [3.05, 3.63) is 59.2 Å². The van der Waals surface area contributed by atoms with Crippen LogP contribution in [0.4, 0.5) is 0 Å². The van der Waals surface area contributed by atoms with Gasteiger partial charge in [-0.15, -0.1) is 0 Å². The summed E-state index contributed by atoms with van der Waals surface area (Å²) >= 11 is -0.826. The second-order valence-corrected chi connectivity index (χ2v) is 7.71. The van der Waals surface area contributed by atoms with Gasteiger partial charge < -0.3 is 0 Å². The van der Waals surface area contributed by atoms with Crippen molar-refractivity contribution in [3.63, 3.8) is 0 Å². The average molecular weight is 341 g/mol. The molecule has 0 N–H and O–H groups in total. The van der Waals surface area contributed by atoms with Gasteiger partial charge in [0.15, 0.2) is 0 Å². The Balaban J connectivity index is 0.000000329. The van der Waals surface area contributed by atoms with Gasteiger partial charge in [-0.05, 0) is 41.7 Å². The summed E-state index contributed by atoms with van der Waals surface area (Å²) in [6, 6.07) is 16.3. The summed E-state index contributed by atoms with van der Waals surface area (Å²) in [5.74, 6) is 0. The fraction of sp³-hybridized carbons (Fsp3) is 0.143. The van der Waals surface area contributed by atoms with Crippen molar-refractivity contribution in [2.75, 3.05) is 0 Å². The van der Waals surface area contributed by atoms with Crippen LogP contribution in [0.15, 0.2) is 36.4 Å². The molecule has 2 aromatic carbocycles. The predicted octanol–water partition coefficient (Wildman–Crippen LogP) is 4.74. The van der Waals surface area contributed by atoms with E-state index in [2.05, 4.69) is 49.4 Å². The van der Waals surface area contributed by atoms with E-state index >= 15 is 0 Å². The molecule has 0 atom stereocenters. The number of hydrogen-bond donors (Lipinski definition) is 0. The van der Waals surface area contributed by atoms with Gasteiger partial charge in [0.05, 0.1) is 0 Å². The molecule has 0 heterocycles. The van der Waals surface area contributed by atoms with E-state index < -0.39 is 20.8 Å². The second-order valence-electron chi connectivity index (χ2n) is 3.98. The van der Waals surface area contributed by atoms with Crippen LogP contribution in [0, 0.1) is 13.0 Å².